The van der Waals surface area contributed by atoms with Gasteiger partial charge in [0.05, 0.1) is 11.3 Å². The zero-order valence-electron chi connectivity index (χ0n) is 10.8. The topological polar surface area (TPSA) is 105 Å². The van der Waals surface area contributed by atoms with Gasteiger partial charge < -0.3 is 10.4 Å². The molecular weight excluding hydrogens is 280 g/mol. The van der Waals surface area contributed by atoms with Crippen LogP contribution in [0.25, 0.3) is 0 Å². The van der Waals surface area contributed by atoms with Gasteiger partial charge in [-0.05, 0) is 29.6 Å². The predicted molar refractivity (Wildman–Crippen MR) is 73.1 cm³/mol. The van der Waals surface area contributed by atoms with Gasteiger partial charge in [0, 0.05) is 6.20 Å². The van der Waals surface area contributed by atoms with Crippen molar-refractivity contribution in [2.45, 2.75) is 19.8 Å². The van der Waals surface area contributed by atoms with Crippen molar-refractivity contribution >= 4 is 29.2 Å². The van der Waals surface area contributed by atoms with E-state index in [1.54, 1.807) is 0 Å². The molecule has 1 amide bonds. The van der Waals surface area contributed by atoms with Crippen molar-refractivity contribution in [2.75, 3.05) is 5.32 Å². The fourth-order valence-electron chi connectivity index (χ4n) is 1.54. The highest BCUT2D eigenvalue weighted by Gasteiger charge is 2.19. The molecule has 2 N–H and O–H groups in total. The molecule has 0 aliphatic rings. The molecule has 7 nitrogen and oxygen atoms in total. The Morgan fingerprint density at radius 1 is 1.40 bits per heavy atom. The SMILES string of the molecule is CC(C)c1nnsc1C(=O)Nc1cc(C(=O)O)ccn1. The second kappa shape index (κ2) is 5.74. The van der Waals surface area contributed by atoms with E-state index in [0.29, 0.717) is 10.6 Å². The highest BCUT2D eigenvalue weighted by molar-refractivity contribution is 7.08. The van der Waals surface area contributed by atoms with Crippen molar-refractivity contribution in [3.63, 3.8) is 0 Å². The van der Waals surface area contributed by atoms with E-state index in [0.717, 1.165) is 11.5 Å². The van der Waals surface area contributed by atoms with Crippen LogP contribution in [0.4, 0.5) is 5.82 Å². The van der Waals surface area contributed by atoms with Crippen LogP contribution in [0.2, 0.25) is 0 Å². The Bertz CT molecular complexity index is 654. The fraction of sp³-hybridized carbons (Fsp3) is 0.250. The summed E-state index contributed by atoms with van der Waals surface area (Å²) < 4.78 is 3.77. The van der Waals surface area contributed by atoms with E-state index in [2.05, 4.69) is 19.9 Å². The van der Waals surface area contributed by atoms with Gasteiger partial charge in [-0.1, -0.05) is 18.3 Å². The molecule has 0 radical (unpaired) electrons. The van der Waals surface area contributed by atoms with Crippen molar-refractivity contribution in [3.05, 3.63) is 34.5 Å². The second-order valence-electron chi connectivity index (χ2n) is 4.33. The van der Waals surface area contributed by atoms with Crippen molar-refractivity contribution in [1.29, 1.82) is 0 Å². The van der Waals surface area contributed by atoms with Crippen LogP contribution < -0.4 is 5.32 Å². The van der Waals surface area contributed by atoms with E-state index >= 15 is 0 Å². The summed E-state index contributed by atoms with van der Waals surface area (Å²) in [6.07, 6.45) is 1.33. The number of nitrogens with one attached hydrogen (secondary N) is 1. The molecule has 0 atom stereocenters. The first-order chi connectivity index (χ1) is 9.49. The number of carboxylic acid groups (broad SMARTS) is 1. The number of rotatable bonds is 4. The number of nitrogens with zero attached hydrogens (tertiary/aromatic N) is 3. The van der Waals surface area contributed by atoms with Crippen LogP contribution in [-0.2, 0) is 0 Å². The Morgan fingerprint density at radius 3 is 2.80 bits per heavy atom. The minimum absolute atomic E-state index is 0.0572. The molecule has 0 aliphatic carbocycles. The van der Waals surface area contributed by atoms with E-state index in [9.17, 15) is 9.59 Å². The monoisotopic (exact) mass is 292 g/mol. The Morgan fingerprint density at radius 2 is 2.15 bits per heavy atom. The molecule has 2 aromatic rings. The van der Waals surface area contributed by atoms with Gasteiger partial charge in [-0.3, -0.25) is 4.79 Å². The third-order valence-corrected chi connectivity index (χ3v) is 3.26. The molecular formula is C12H12N4O3S. The van der Waals surface area contributed by atoms with E-state index in [-0.39, 0.29) is 17.3 Å². The Labute approximate surface area is 118 Å². The van der Waals surface area contributed by atoms with Gasteiger partial charge in [-0.2, -0.15) is 0 Å². The largest absolute Gasteiger partial charge is 0.478 e. The number of carbonyl (C=O) groups is 2. The number of hydrogen-bond donors (Lipinski definition) is 2. The maximum atomic E-state index is 12.1. The Hall–Kier alpha value is -2.35. The van der Waals surface area contributed by atoms with Crippen molar-refractivity contribution in [3.8, 4) is 0 Å². The first-order valence-corrected chi connectivity index (χ1v) is 6.59. The lowest BCUT2D eigenvalue weighted by Crippen LogP contribution is -2.14. The van der Waals surface area contributed by atoms with Gasteiger partial charge >= 0.3 is 5.97 Å². The van der Waals surface area contributed by atoms with Crippen molar-refractivity contribution in [1.82, 2.24) is 14.6 Å². The summed E-state index contributed by atoms with van der Waals surface area (Å²) in [4.78, 5) is 27.3. The number of anilines is 1. The molecule has 0 spiro atoms. The summed E-state index contributed by atoms with van der Waals surface area (Å²) >= 11 is 0.998. The fourth-order valence-corrected chi connectivity index (χ4v) is 2.25. The minimum atomic E-state index is -1.08. The summed E-state index contributed by atoms with van der Waals surface area (Å²) in [5.41, 5.74) is 0.670. The van der Waals surface area contributed by atoms with Gasteiger partial charge in [0.25, 0.3) is 5.91 Å². The van der Waals surface area contributed by atoms with E-state index in [1.807, 2.05) is 13.8 Å². The molecule has 0 unspecified atom stereocenters. The molecule has 0 fully saturated rings. The average molecular weight is 292 g/mol. The van der Waals surface area contributed by atoms with Gasteiger partial charge in [0.15, 0.2) is 0 Å². The molecule has 0 aliphatic heterocycles. The molecule has 0 saturated heterocycles. The normalized spacial score (nSPS) is 10.6. The zero-order chi connectivity index (χ0) is 14.7. The Kier molecular flexibility index (Phi) is 4.04. The molecule has 104 valence electrons. The lowest BCUT2D eigenvalue weighted by molar-refractivity contribution is 0.0696. The van der Waals surface area contributed by atoms with Crippen LogP contribution in [0.3, 0.4) is 0 Å². The maximum Gasteiger partial charge on any atom is 0.335 e. The van der Waals surface area contributed by atoms with Gasteiger partial charge in [0.1, 0.15) is 10.7 Å². The lowest BCUT2D eigenvalue weighted by atomic mass is 10.1. The number of hydrogen-bond acceptors (Lipinski definition) is 6. The molecule has 20 heavy (non-hydrogen) atoms. The quantitative estimate of drug-likeness (QED) is 0.893. The summed E-state index contributed by atoms with van der Waals surface area (Å²) in [7, 11) is 0. The smallest absolute Gasteiger partial charge is 0.335 e. The van der Waals surface area contributed by atoms with E-state index in [4.69, 9.17) is 5.11 Å². The van der Waals surface area contributed by atoms with Crippen LogP contribution in [-0.4, -0.2) is 31.6 Å². The number of aromatic carboxylic acids is 1. The van der Waals surface area contributed by atoms with Crippen molar-refractivity contribution < 1.29 is 14.7 Å². The third-order valence-electron chi connectivity index (χ3n) is 2.51. The second-order valence-corrected chi connectivity index (χ2v) is 5.09. The minimum Gasteiger partial charge on any atom is -0.478 e. The third kappa shape index (κ3) is 2.97. The van der Waals surface area contributed by atoms with Crippen molar-refractivity contribution in [2.24, 2.45) is 0 Å². The van der Waals surface area contributed by atoms with Gasteiger partial charge in [-0.15, -0.1) is 5.10 Å². The molecule has 2 aromatic heterocycles. The van der Waals surface area contributed by atoms with Crippen LogP contribution in [0.5, 0.6) is 0 Å². The van der Waals surface area contributed by atoms with Crippen LogP contribution >= 0.6 is 11.5 Å². The highest BCUT2D eigenvalue weighted by atomic mass is 32.1. The number of pyridine rings is 1. The lowest BCUT2D eigenvalue weighted by Gasteiger charge is -2.05. The summed E-state index contributed by atoms with van der Waals surface area (Å²) in [5, 5.41) is 15.4. The Balaban J connectivity index is 2.21. The molecule has 0 saturated carbocycles. The molecule has 0 aromatic carbocycles. The van der Waals surface area contributed by atoms with E-state index in [1.165, 1.54) is 18.3 Å². The summed E-state index contributed by atoms with van der Waals surface area (Å²) in [5.74, 6) is -1.21. The summed E-state index contributed by atoms with van der Waals surface area (Å²) in [6.45, 7) is 3.83. The molecule has 0 bridgehead atoms. The van der Waals surface area contributed by atoms with Crippen LogP contribution in [0, 0.1) is 0 Å². The first kappa shape index (κ1) is 14.1. The molecule has 2 heterocycles. The molecule has 2 rings (SSSR count). The average Bonchev–Trinajstić information content (AvgIpc) is 2.88. The standard InChI is InChI=1S/C12H12N4O3S/c1-6(2)9-10(20-16-15-9)11(17)14-8-5-7(12(18)19)3-4-13-8/h3-6H,1-2H3,(H,18,19)(H,13,14,17). The first-order valence-electron chi connectivity index (χ1n) is 5.82. The number of aromatic nitrogens is 3. The zero-order valence-corrected chi connectivity index (χ0v) is 11.6. The van der Waals surface area contributed by atoms with Crippen LogP contribution in [0.15, 0.2) is 18.3 Å². The van der Waals surface area contributed by atoms with Crippen LogP contribution in [0.1, 0.15) is 45.5 Å². The van der Waals surface area contributed by atoms with Gasteiger partial charge in [0.2, 0.25) is 0 Å². The molecule has 8 heteroatoms. The highest BCUT2D eigenvalue weighted by Crippen LogP contribution is 2.20. The van der Waals surface area contributed by atoms with Gasteiger partial charge in [-0.25, -0.2) is 9.78 Å². The maximum absolute atomic E-state index is 12.1. The number of amides is 1. The predicted octanol–water partition coefficient (Wildman–Crippen LogP) is 2.01. The van der Waals surface area contributed by atoms with E-state index < -0.39 is 11.9 Å². The number of carbonyl (C=O) groups excluding carboxylic acids is 1. The summed E-state index contributed by atoms with van der Waals surface area (Å²) in [6, 6.07) is 2.65. The number of carboxylic acids is 1.